The number of carbonyl (C=O) groups is 1. The summed E-state index contributed by atoms with van der Waals surface area (Å²) < 4.78 is 1.46. The summed E-state index contributed by atoms with van der Waals surface area (Å²) in [5.41, 5.74) is 7.23. The fraction of sp³-hybridized carbons (Fsp3) is 0.105. The van der Waals surface area contributed by atoms with E-state index in [4.69, 9.17) is 28.9 Å². The highest BCUT2D eigenvalue weighted by atomic mass is 35.5. The van der Waals surface area contributed by atoms with Crippen molar-refractivity contribution in [3.8, 4) is 11.4 Å². The van der Waals surface area contributed by atoms with Crippen LogP contribution in [0.1, 0.15) is 18.5 Å². The topological polar surface area (TPSA) is 129 Å². The van der Waals surface area contributed by atoms with Gasteiger partial charge in [0.25, 0.3) is 5.69 Å². The first-order valence-corrected chi connectivity index (χ1v) is 9.45. The Kier molecular flexibility index (Phi) is 4.92. The van der Waals surface area contributed by atoms with Crippen LogP contribution in [0.2, 0.25) is 10.0 Å². The third kappa shape index (κ3) is 3.38. The highest BCUT2D eigenvalue weighted by molar-refractivity contribution is 6.36. The van der Waals surface area contributed by atoms with Gasteiger partial charge in [-0.3, -0.25) is 14.9 Å². The molecule has 1 aromatic heterocycles. The van der Waals surface area contributed by atoms with Gasteiger partial charge in [-0.2, -0.15) is 4.98 Å². The lowest BCUT2D eigenvalue weighted by Crippen LogP contribution is -2.31. The number of hydrogen-bond acceptors (Lipinski definition) is 6. The molecule has 0 radical (unpaired) electrons. The Morgan fingerprint density at radius 3 is 2.70 bits per heavy atom. The van der Waals surface area contributed by atoms with Crippen LogP contribution < -0.4 is 11.1 Å². The van der Waals surface area contributed by atoms with Crippen LogP contribution in [0.3, 0.4) is 0 Å². The molecular weight excluding hydrogens is 431 g/mol. The fourth-order valence-electron chi connectivity index (χ4n) is 3.37. The van der Waals surface area contributed by atoms with Gasteiger partial charge in [-0.25, -0.2) is 4.68 Å². The van der Waals surface area contributed by atoms with Gasteiger partial charge < -0.3 is 11.1 Å². The smallest absolute Gasteiger partial charge is 0.269 e. The predicted octanol–water partition coefficient (Wildman–Crippen LogP) is 3.93. The largest absolute Gasteiger partial charge is 0.366 e. The summed E-state index contributed by atoms with van der Waals surface area (Å²) >= 11 is 12.3. The van der Waals surface area contributed by atoms with Crippen molar-refractivity contribution in [1.82, 2.24) is 14.8 Å². The third-order valence-corrected chi connectivity index (χ3v) is 5.23. The minimum absolute atomic E-state index is 0.116. The van der Waals surface area contributed by atoms with Crippen molar-refractivity contribution in [2.75, 3.05) is 5.32 Å². The second-order valence-electron chi connectivity index (χ2n) is 6.61. The van der Waals surface area contributed by atoms with Crippen LogP contribution in [0, 0.1) is 10.1 Å². The molecule has 0 aliphatic carbocycles. The number of carbonyl (C=O) groups excluding carboxylic acids is 1. The number of primary amides is 1. The lowest BCUT2D eigenvalue weighted by atomic mass is 9.95. The molecule has 1 amide bonds. The van der Waals surface area contributed by atoms with E-state index in [1.807, 2.05) is 0 Å². The maximum absolute atomic E-state index is 12.2. The molecule has 0 bridgehead atoms. The van der Waals surface area contributed by atoms with Gasteiger partial charge >= 0.3 is 0 Å². The van der Waals surface area contributed by atoms with Crippen molar-refractivity contribution in [3.63, 3.8) is 0 Å². The van der Waals surface area contributed by atoms with Crippen molar-refractivity contribution < 1.29 is 9.72 Å². The number of nitrogens with two attached hydrogens (primary N) is 1. The number of hydrogen-bond donors (Lipinski definition) is 2. The second-order valence-corrected chi connectivity index (χ2v) is 7.45. The predicted molar refractivity (Wildman–Crippen MR) is 112 cm³/mol. The average Bonchev–Trinajstić information content (AvgIpc) is 3.09. The van der Waals surface area contributed by atoms with E-state index in [1.54, 1.807) is 31.2 Å². The summed E-state index contributed by atoms with van der Waals surface area (Å²) in [6.07, 6.45) is 0. The maximum atomic E-state index is 12.2. The Hall–Kier alpha value is -3.43. The molecule has 0 saturated heterocycles. The molecule has 11 heteroatoms. The van der Waals surface area contributed by atoms with Gasteiger partial charge in [0.1, 0.15) is 6.04 Å². The van der Waals surface area contributed by atoms with E-state index < -0.39 is 16.9 Å². The van der Waals surface area contributed by atoms with E-state index in [0.717, 1.165) is 0 Å². The first kappa shape index (κ1) is 19.9. The first-order valence-electron chi connectivity index (χ1n) is 8.70. The summed E-state index contributed by atoms with van der Waals surface area (Å²) in [7, 11) is 0. The van der Waals surface area contributed by atoms with E-state index in [-0.39, 0.29) is 11.3 Å². The number of aromatic nitrogens is 3. The van der Waals surface area contributed by atoms with E-state index in [9.17, 15) is 14.9 Å². The van der Waals surface area contributed by atoms with Crippen LogP contribution in [-0.2, 0) is 4.79 Å². The minimum Gasteiger partial charge on any atom is -0.366 e. The highest BCUT2D eigenvalue weighted by Gasteiger charge is 2.34. The summed E-state index contributed by atoms with van der Waals surface area (Å²) in [4.78, 5) is 27.5. The molecule has 9 nitrogen and oxygen atoms in total. The number of rotatable bonds is 4. The molecule has 0 saturated carbocycles. The van der Waals surface area contributed by atoms with Crippen LogP contribution in [0.4, 0.5) is 11.6 Å². The van der Waals surface area contributed by atoms with Crippen molar-refractivity contribution in [3.05, 3.63) is 79.5 Å². The number of nitrogens with one attached hydrogen (secondary N) is 1. The summed E-state index contributed by atoms with van der Waals surface area (Å²) in [5, 5.41) is 19.6. The highest BCUT2D eigenvalue weighted by Crippen LogP contribution is 2.38. The molecule has 1 unspecified atom stereocenters. The molecule has 4 rings (SSSR count). The molecular formula is C19H14Cl2N6O3. The minimum atomic E-state index is -0.800. The molecule has 30 heavy (non-hydrogen) atoms. The van der Waals surface area contributed by atoms with Gasteiger partial charge in [0.15, 0.2) is 5.82 Å². The zero-order valence-corrected chi connectivity index (χ0v) is 17.0. The Bertz CT molecular complexity index is 1240. The molecule has 3 N–H and O–H groups in total. The monoisotopic (exact) mass is 444 g/mol. The quantitative estimate of drug-likeness (QED) is 0.463. The number of benzene rings is 2. The van der Waals surface area contributed by atoms with Gasteiger partial charge in [0, 0.05) is 28.4 Å². The van der Waals surface area contributed by atoms with Crippen LogP contribution in [0.25, 0.3) is 11.4 Å². The van der Waals surface area contributed by atoms with Crippen LogP contribution in [0.5, 0.6) is 0 Å². The fourth-order valence-corrected chi connectivity index (χ4v) is 3.86. The Morgan fingerprint density at radius 2 is 2.03 bits per heavy atom. The molecule has 0 spiro atoms. The SMILES string of the molecule is CC1=C(C(N)=O)C(c2cccc([N+](=O)[O-])c2)n2nc(-c3ccc(Cl)cc3Cl)nc2N1. The number of nitro groups is 1. The molecule has 1 aliphatic rings. The Morgan fingerprint density at radius 1 is 1.27 bits per heavy atom. The lowest BCUT2D eigenvalue weighted by Gasteiger charge is -2.27. The maximum Gasteiger partial charge on any atom is 0.269 e. The number of anilines is 1. The van der Waals surface area contributed by atoms with Crippen molar-refractivity contribution in [2.24, 2.45) is 5.73 Å². The van der Waals surface area contributed by atoms with Gasteiger partial charge in [0.2, 0.25) is 11.9 Å². The molecule has 1 aliphatic heterocycles. The zero-order valence-electron chi connectivity index (χ0n) is 15.5. The standard InChI is InChI=1S/C19H14Cl2N6O3/c1-9-15(17(22)28)16(10-3-2-4-12(7-10)27(29)30)26-19(23-9)24-18(25-26)13-6-5-11(20)8-14(13)21/h2-8,16H,1H3,(H2,22,28)(H,23,24,25). The van der Waals surface area contributed by atoms with Gasteiger partial charge in [-0.1, -0.05) is 35.3 Å². The number of amides is 1. The van der Waals surface area contributed by atoms with Crippen molar-refractivity contribution >= 4 is 40.7 Å². The van der Waals surface area contributed by atoms with E-state index >= 15 is 0 Å². The Labute approximate surface area is 180 Å². The van der Waals surface area contributed by atoms with E-state index in [1.165, 1.54) is 22.9 Å². The van der Waals surface area contributed by atoms with Crippen LogP contribution >= 0.6 is 23.2 Å². The van der Waals surface area contributed by atoms with Gasteiger partial charge in [-0.15, -0.1) is 5.10 Å². The lowest BCUT2D eigenvalue weighted by molar-refractivity contribution is -0.384. The van der Waals surface area contributed by atoms with Crippen molar-refractivity contribution in [1.29, 1.82) is 0 Å². The average molecular weight is 445 g/mol. The normalized spacial score (nSPS) is 15.5. The number of non-ortho nitro benzene ring substituents is 1. The van der Waals surface area contributed by atoms with E-state index in [0.29, 0.717) is 38.6 Å². The number of fused-ring (bicyclic) bond motifs is 1. The molecule has 1 atom stereocenters. The first-order chi connectivity index (χ1) is 14.3. The van der Waals surface area contributed by atoms with E-state index in [2.05, 4.69) is 15.4 Å². The Balaban J connectivity index is 1.90. The van der Waals surface area contributed by atoms with Crippen molar-refractivity contribution in [2.45, 2.75) is 13.0 Å². The number of nitro benzene ring substituents is 1. The number of nitrogens with zero attached hydrogens (tertiary/aromatic N) is 4. The van der Waals surface area contributed by atoms with Crippen LogP contribution in [0.15, 0.2) is 53.7 Å². The second kappa shape index (κ2) is 7.43. The van der Waals surface area contributed by atoms with Crippen LogP contribution in [-0.4, -0.2) is 25.6 Å². The molecule has 2 aromatic carbocycles. The van der Waals surface area contributed by atoms with Gasteiger partial charge in [-0.05, 0) is 30.7 Å². The molecule has 2 heterocycles. The third-order valence-electron chi connectivity index (χ3n) is 4.69. The number of halogens is 2. The molecule has 3 aromatic rings. The molecule has 152 valence electrons. The summed E-state index contributed by atoms with van der Waals surface area (Å²) in [6, 6.07) is 10.1. The zero-order chi connectivity index (χ0) is 21.6. The van der Waals surface area contributed by atoms with Gasteiger partial charge in [0.05, 0.1) is 15.5 Å². The summed E-state index contributed by atoms with van der Waals surface area (Å²) in [6.45, 7) is 1.68. The summed E-state index contributed by atoms with van der Waals surface area (Å²) in [5.74, 6) is -0.0353. The number of allylic oxidation sites excluding steroid dienone is 1. The molecule has 0 fully saturated rings.